The summed E-state index contributed by atoms with van der Waals surface area (Å²) in [6.45, 7) is 10.3. The van der Waals surface area contributed by atoms with Gasteiger partial charge in [-0.05, 0) is 40.5 Å². The zero-order valence-electron chi connectivity index (χ0n) is 15.8. The number of carbonyl (C=O) groups is 1. The molecular weight excluding hydrogens is 455 g/mol. The van der Waals surface area contributed by atoms with Gasteiger partial charge in [-0.3, -0.25) is 9.79 Å². The van der Waals surface area contributed by atoms with E-state index in [1.165, 1.54) is 0 Å². The predicted molar refractivity (Wildman–Crippen MR) is 113 cm³/mol. The standard InChI is InChI=1S/C16H32N4O3S.HI/c1-5-17-15(19-10-13-24(22,23)16(2,3)4)18-9-7-12-20-11-6-8-14(20)21;/h5-13H2,1-4H3,(H2,17,18,19);1H. The van der Waals surface area contributed by atoms with E-state index >= 15 is 0 Å². The molecule has 0 atom stereocenters. The van der Waals surface area contributed by atoms with Gasteiger partial charge in [0.2, 0.25) is 5.91 Å². The summed E-state index contributed by atoms with van der Waals surface area (Å²) in [6.07, 6.45) is 2.42. The normalized spacial score (nSPS) is 15.9. The Morgan fingerprint density at radius 3 is 2.48 bits per heavy atom. The fraction of sp³-hybridized carbons (Fsp3) is 0.875. The highest BCUT2D eigenvalue weighted by Gasteiger charge is 2.28. The summed E-state index contributed by atoms with van der Waals surface area (Å²) >= 11 is 0. The first kappa shape index (κ1) is 24.4. The van der Waals surface area contributed by atoms with Crippen molar-refractivity contribution in [1.82, 2.24) is 15.5 Å². The van der Waals surface area contributed by atoms with Gasteiger partial charge in [-0.1, -0.05) is 0 Å². The number of nitrogens with one attached hydrogen (secondary N) is 2. The molecule has 25 heavy (non-hydrogen) atoms. The van der Waals surface area contributed by atoms with Crippen molar-refractivity contribution >= 4 is 45.7 Å². The molecule has 1 aliphatic rings. The summed E-state index contributed by atoms with van der Waals surface area (Å²) in [5, 5.41) is 6.17. The van der Waals surface area contributed by atoms with Gasteiger partial charge in [-0.2, -0.15) is 0 Å². The summed E-state index contributed by atoms with van der Waals surface area (Å²) in [4.78, 5) is 17.9. The monoisotopic (exact) mass is 488 g/mol. The van der Waals surface area contributed by atoms with Crippen molar-refractivity contribution in [1.29, 1.82) is 0 Å². The van der Waals surface area contributed by atoms with E-state index in [-0.39, 0.29) is 35.6 Å². The minimum atomic E-state index is -3.14. The fourth-order valence-corrected chi connectivity index (χ4v) is 3.33. The third kappa shape index (κ3) is 8.57. The molecule has 9 heteroatoms. The lowest BCUT2D eigenvalue weighted by Gasteiger charge is -2.20. The van der Waals surface area contributed by atoms with E-state index in [4.69, 9.17) is 0 Å². The van der Waals surface area contributed by atoms with Crippen molar-refractivity contribution < 1.29 is 13.2 Å². The van der Waals surface area contributed by atoms with Crippen LogP contribution < -0.4 is 10.6 Å². The van der Waals surface area contributed by atoms with Crippen LogP contribution in [0.5, 0.6) is 0 Å². The minimum Gasteiger partial charge on any atom is -0.357 e. The highest BCUT2D eigenvalue weighted by molar-refractivity contribution is 14.0. The van der Waals surface area contributed by atoms with E-state index in [1.807, 2.05) is 11.8 Å². The quantitative estimate of drug-likeness (QED) is 0.233. The number of hydrogen-bond donors (Lipinski definition) is 2. The molecule has 0 saturated carbocycles. The molecule has 7 nitrogen and oxygen atoms in total. The molecule has 0 spiro atoms. The second-order valence-electron chi connectivity index (χ2n) is 6.96. The van der Waals surface area contributed by atoms with E-state index < -0.39 is 14.6 Å². The lowest BCUT2D eigenvalue weighted by atomic mass is 10.3. The first-order chi connectivity index (χ1) is 11.2. The van der Waals surface area contributed by atoms with Gasteiger partial charge in [0, 0.05) is 39.1 Å². The van der Waals surface area contributed by atoms with Gasteiger partial charge in [-0.25, -0.2) is 8.42 Å². The van der Waals surface area contributed by atoms with Crippen LogP contribution in [0, 0.1) is 0 Å². The van der Waals surface area contributed by atoms with Crippen molar-refractivity contribution in [3.8, 4) is 0 Å². The number of halogens is 1. The number of likely N-dealkylation sites (tertiary alicyclic amines) is 1. The highest BCUT2D eigenvalue weighted by atomic mass is 127. The van der Waals surface area contributed by atoms with Crippen molar-refractivity contribution in [2.75, 3.05) is 38.5 Å². The number of nitrogens with zero attached hydrogens (tertiary/aromatic N) is 2. The Hall–Kier alpha value is -0.580. The molecule has 1 saturated heterocycles. The van der Waals surface area contributed by atoms with Gasteiger partial charge in [0.25, 0.3) is 0 Å². The van der Waals surface area contributed by atoms with Crippen LogP contribution in [-0.2, 0) is 14.6 Å². The van der Waals surface area contributed by atoms with Crippen molar-refractivity contribution in [2.24, 2.45) is 4.99 Å². The Labute approximate surface area is 169 Å². The molecule has 0 unspecified atom stereocenters. The van der Waals surface area contributed by atoms with Gasteiger partial charge in [0.15, 0.2) is 15.8 Å². The number of carbonyl (C=O) groups excluding carboxylic acids is 1. The maximum Gasteiger partial charge on any atom is 0.222 e. The molecule has 2 N–H and O–H groups in total. The lowest BCUT2D eigenvalue weighted by molar-refractivity contribution is -0.127. The van der Waals surface area contributed by atoms with Crippen LogP contribution in [0.25, 0.3) is 0 Å². The van der Waals surface area contributed by atoms with Gasteiger partial charge in [0.05, 0.1) is 10.5 Å². The van der Waals surface area contributed by atoms with Crippen LogP contribution in [0.15, 0.2) is 4.99 Å². The largest absolute Gasteiger partial charge is 0.357 e. The first-order valence-corrected chi connectivity index (χ1v) is 10.3. The average Bonchev–Trinajstić information content (AvgIpc) is 2.87. The molecule has 0 aliphatic carbocycles. The molecule has 0 aromatic heterocycles. The van der Waals surface area contributed by atoms with Crippen LogP contribution in [0.4, 0.5) is 0 Å². The first-order valence-electron chi connectivity index (χ1n) is 8.69. The van der Waals surface area contributed by atoms with Crippen LogP contribution >= 0.6 is 24.0 Å². The maximum atomic E-state index is 12.1. The van der Waals surface area contributed by atoms with Crippen LogP contribution in [0.2, 0.25) is 0 Å². The lowest BCUT2D eigenvalue weighted by Crippen LogP contribution is -2.42. The van der Waals surface area contributed by atoms with Crippen molar-refractivity contribution in [2.45, 2.75) is 51.7 Å². The molecule has 0 aromatic carbocycles. The Morgan fingerprint density at radius 1 is 1.28 bits per heavy atom. The molecule has 0 aromatic rings. The zero-order chi connectivity index (χ0) is 18.2. The third-order valence-corrected chi connectivity index (χ3v) is 6.58. The van der Waals surface area contributed by atoms with Gasteiger partial charge in [-0.15, -0.1) is 24.0 Å². The summed E-state index contributed by atoms with van der Waals surface area (Å²) < 4.78 is 23.4. The number of rotatable bonds is 8. The zero-order valence-corrected chi connectivity index (χ0v) is 18.9. The molecule has 148 valence electrons. The Bertz CT molecular complexity index is 544. The maximum absolute atomic E-state index is 12.1. The number of sulfone groups is 1. The predicted octanol–water partition coefficient (Wildman–Crippen LogP) is 1.39. The van der Waals surface area contributed by atoms with E-state index in [0.717, 1.165) is 25.9 Å². The molecular formula is C16H33IN4O3S. The van der Waals surface area contributed by atoms with Crippen LogP contribution in [0.3, 0.4) is 0 Å². The summed E-state index contributed by atoms with van der Waals surface area (Å²) in [5.41, 5.74) is 0. The smallest absolute Gasteiger partial charge is 0.222 e. The van der Waals surface area contributed by atoms with E-state index in [2.05, 4.69) is 15.6 Å². The molecule has 0 radical (unpaired) electrons. The Kier molecular flexibility index (Phi) is 10.9. The number of hydrogen-bond acceptors (Lipinski definition) is 4. The third-order valence-electron chi connectivity index (χ3n) is 3.97. The SMILES string of the molecule is CCNC(=NCCCN1CCCC1=O)NCCS(=O)(=O)C(C)(C)C.I. The number of guanidine groups is 1. The van der Waals surface area contributed by atoms with Gasteiger partial charge < -0.3 is 15.5 Å². The van der Waals surface area contributed by atoms with Gasteiger partial charge >= 0.3 is 0 Å². The Morgan fingerprint density at radius 2 is 1.96 bits per heavy atom. The molecule has 1 aliphatic heterocycles. The van der Waals surface area contributed by atoms with E-state index in [0.29, 0.717) is 32.0 Å². The fourth-order valence-electron chi connectivity index (χ4n) is 2.34. The second-order valence-corrected chi connectivity index (χ2v) is 9.82. The Balaban J connectivity index is 0.00000576. The molecule has 1 rings (SSSR count). The van der Waals surface area contributed by atoms with Crippen LogP contribution in [0.1, 0.15) is 47.0 Å². The van der Waals surface area contributed by atoms with Crippen molar-refractivity contribution in [3.63, 3.8) is 0 Å². The molecule has 1 fully saturated rings. The van der Waals surface area contributed by atoms with E-state index in [9.17, 15) is 13.2 Å². The summed E-state index contributed by atoms with van der Waals surface area (Å²) in [7, 11) is -3.14. The van der Waals surface area contributed by atoms with Gasteiger partial charge in [0.1, 0.15) is 0 Å². The summed E-state index contributed by atoms with van der Waals surface area (Å²) in [5.74, 6) is 0.925. The molecule has 0 bridgehead atoms. The summed E-state index contributed by atoms with van der Waals surface area (Å²) in [6, 6.07) is 0. The van der Waals surface area contributed by atoms with Crippen LogP contribution in [-0.4, -0.2) is 68.4 Å². The number of amides is 1. The minimum absolute atomic E-state index is 0. The molecule has 1 heterocycles. The highest BCUT2D eigenvalue weighted by Crippen LogP contribution is 2.15. The second kappa shape index (κ2) is 11.2. The van der Waals surface area contributed by atoms with E-state index in [1.54, 1.807) is 20.8 Å². The topological polar surface area (TPSA) is 90.9 Å². The average molecular weight is 488 g/mol. The van der Waals surface area contributed by atoms with Crippen molar-refractivity contribution in [3.05, 3.63) is 0 Å². The number of aliphatic imine (C=N–C) groups is 1. The molecule has 1 amide bonds.